The Balaban J connectivity index is 1.71. The maximum atomic E-state index is 12.5. The van der Waals surface area contributed by atoms with Crippen LogP contribution in [0.15, 0.2) is 35.1 Å². The topological polar surface area (TPSA) is 97.4 Å². The fraction of sp³-hybridized carbons (Fsp3) is 0.316. The number of aromatic nitrogens is 1. The maximum absolute atomic E-state index is 12.5. The van der Waals surface area contributed by atoms with Gasteiger partial charge in [-0.25, -0.2) is 0 Å². The Hall–Kier alpha value is -3.09. The summed E-state index contributed by atoms with van der Waals surface area (Å²) in [6, 6.07) is 8.69. The van der Waals surface area contributed by atoms with Gasteiger partial charge in [-0.3, -0.25) is 24.3 Å². The highest BCUT2D eigenvalue weighted by Gasteiger charge is 2.31. The zero-order valence-electron chi connectivity index (χ0n) is 14.5. The molecule has 0 spiro atoms. The lowest BCUT2D eigenvalue weighted by Gasteiger charge is -2.32. The summed E-state index contributed by atoms with van der Waals surface area (Å²) in [5, 5.41) is 2.17. The first kappa shape index (κ1) is 16.4. The van der Waals surface area contributed by atoms with E-state index in [-0.39, 0.29) is 16.9 Å². The third kappa shape index (κ3) is 2.56. The van der Waals surface area contributed by atoms with E-state index < -0.39 is 17.4 Å². The summed E-state index contributed by atoms with van der Waals surface area (Å²) in [4.78, 5) is 38.5. The molecule has 7 heteroatoms. The van der Waals surface area contributed by atoms with Gasteiger partial charge in [0.25, 0.3) is 17.4 Å². The van der Waals surface area contributed by atoms with Crippen LogP contribution in [0.5, 0.6) is 0 Å². The van der Waals surface area contributed by atoms with Crippen molar-refractivity contribution in [3.8, 4) is 5.69 Å². The van der Waals surface area contributed by atoms with E-state index >= 15 is 0 Å². The Labute approximate surface area is 150 Å². The first-order chi connectivity index (χ1) is 12.5. The van der Waals surface area contributed by atoms with Crippen molar-refractivity contribution in [1.29, 1.82) is 0 Å². The standard InChI is InChI=1S/C19H20N4O3/c1-11-6-8-22(9-7-11)12-2-4-13(5-3-12)23-15(24)10-14-16(17(23)20)19(26)21-18(14)25/h2-5,10-11H,6-9,20H2,1H3,(H,21,25,26). The van der Waals surface area contributed by atoms with Crippen molar-refractivity contribution in [2.24, 2.45) is 5.92 Å². The predicted octanol–water partition coefficient (Wildman–Crippen LogP) is 1.54. The van der Waals surface area contributed by atoms with Gasteiger partial charge < -0.3 is 10.6 Å². The molecular formula is C19H20N4O3. The van der Waals surface area contributed by atoms with Crippen LogP contribution in [-0.4, -0.2) is 29.5 Å². The summed E-state index contributed by atoms with van der Waals surface area (Å²) in [6.45, 7) is 4.30. The van der Waals surface area contributed by atoms with Crippen LogP contribution in [0.3, 0.4) is 0 Å². The lowest BCUT2D eigenvalue weighted by molar-refractivity contribution is 0.0880. The monoisotopic (exact) mass is 352 g/mol. The third-order valence-corrected chi connectivity index (χ3v) is 5.21. The Morgan fingerprint density at radius 3 is 2.27 bits per heavy atom. The van der Waals surface area contributed by atoms with E-state index in [2.05, 4.69) is 17.1 Å². The van der Waals surface area contributed by atoms with Crippen molar-refractivity contribution >= 4 is 23.3 Å². The molecule has 1 saturated heterocycles. The van der Waals surface area contributed by atoms with Crippen LogP contribution >= 0.6 is 0 Å². The number of amides is 2. The van der Waals surface area contributed by atoms with E-state index in [1.165, 1.54) is 17.4 Å². The summed E-state index contributed by atoms with van der Waals surface area (Å²) >= 11 is 0. The largest absolute Gasteiger partial charge is 0.384 e. The Bertz CT molecular complexity index is 954. The van der Waals surface area contributed by atoms with Gasteiger partial charge in [0.2, 0.25) is 0 Å². The Morgan fingerprint density at radius 2 is 1.62 bits per heavy atom. The van der Waals surface area contributed by atoms with Gasteiger partial charge >= 0.3 is 0 Å². The minimum atomic E-state index is -0.587. The summed E-state index contributed by atoms with van der Waals surface area (Å²) in [7, 11) is 0. The van der Waals surface area contributed by atoms with E-state index in [1.54, 1.807) is 0 Å². The molecular weight excluding hydrogens is 332 g/mol. The molecule has 0 atom stereocenters. The number of carbonyl (C=O) groups excluding carboxylic acids is 2. The molecule has 4 rings (SSSR count). The predicted molar refractivity (Wildman–Crippen MR) is 98.9 cm³/mol. The number of benzene rings is 1. The number of hydrogen-bond acceptors (Lipinski definition) is 5. The Morgan fingerprint density at radius 1 is 1.00 bits per heavy atom. The van der Waals surface area contributed by atoms with E-state index in [1.807, 2.05) is 24.3 Å². The van der Waals surface area contributed by atoms with Crippen LogP contribution < -0.4 is 21.5 Å². The minimum absolute atomic E-state index is 0.0182. The van der Waals surface area contributed by atoms with Crippen molar-refractivity contribution in [3.05, 3.63) is 51.8 Å². The van der Waals surface area contributed by atoms with E-state index in [0.29, 0.717) is 5.69 Å². The van der Waals surface area contributed by atoms with Gasteiger partial charge in [-0.1, -0.05) is 6.92 Å². The van der Waals surface area contributed by atoms with Crippen LogP contribution in [0.1, 0.15) is 40.5 Å². The zero-order valence-corrected chi connectivity index (χ0v) is 14.5. The summed E-state index contributed by atoms with van der Waals surface area (Å²) in [5.41, 5.74) is 7.38. The molecule has 1 fully saturated rings. The van der Waals surface area contributed by atoms with Crippen LogP contribution in [0.2, 0.25) is 0 Å². The number of carbonyl (C=O) groups is 2. The summed E-state index contributed by atoms with van der Waals surface area (Å²) in [6.07, 6.45) is 2.34. The second kappa shape index (κ2) is 6.01. The van der Waals surface area contributed by atoms with Crippen molar-refractivity contribution in [2.75, 3.05) is 23.7 Å². The minimum Gasteiger partial charge on any atom is -0.384 e. The van der Waals surface area contributed by atoms with E-state index in [4.69, 9.17) is 5.73 Å². The lowest BCUT2D eigenvalue weighted by Crippen LogP contribution is -2.32. The molecule has 1 aromatic carbocycles. The van der Waals surface area contributed by atoms with Gasteiger partial charge in [-0.05, 0) is 43.0 Å². The van der Waals surface area contributed by atoms with Gasteiger partial charge in [-0.15, -0.1) is 0 Å². The number of rotatable bonds is 2. The quantitative estimate of drug-likeness (QED) is 0.799. The molecule has 0 aliphatic carbocycles. The summed E-state index contributed by atoms with van der Waals surface area (Å²) in [5.74, 6) is -0.425. The molecule has 0 saturated carbocycles. The molecule has 2 aromatic rings. The molecule has 0 unspecified atom stereocenters. The van der Waals surface area contributed by atoms with Crippen molar-refractivity contribution in [2.45, 2.75) is 19.8 Å². The first-order valence-electron chi connectivity index (χ1n) is 8.72. The highest BCUT2D eigenvalue weighted by Crippen LogP contribution is 2.26. The number of piperidine rings is 1. The van der Waals surface area contributed by atoms with E-state index in [0.717, 1.165) is 30.8 Å². The third-order valence-electron chi connectivity index (χ3n) is 5.21. The first-order valence-corrected chi connectivity index (χ1v) is 8.72. The number of imide groups is 1. The maximum Gasteiger partial charge on any atom is 0.262 e. The number of anilines is 2. The molecule has 2 aliphatic rings. The van der Waals surface area contributed by atoms with Crippen molar-refractivity contribution in [3.63, 3.8) is 0 Å². The van der Waals surface area contributed by atoms with Crippen LogP contribution in [0, 0.1) is 5.92 Å². The number of nitrogens with one attached hydrogen (secondary N) is 1. The molecule has 7 nitrogen and oxygen atoms in total. The molecule has 0 radical (unpaired) electrons. The fourth-order valence-corrected chi connectivity index (χ4v) is 3.62. The lowest BCUT2D eigenvalue weighted by atomic mass is 9.99. The zero-order chi connectivity index (χ0) is 18.4. The van der Waals surface area contributed by atoms with E-state index in [9.17, 15) is 14.4 Å². The van der Waals surface area contributed by atoms with Gasteiger partial charge in [0.15, 0.2) is 0 Å². The Kier molecular flexibility index (Phi) is 3.79. The van der Waals surface area contributed by atoms with Crippen molar-refractivity contribution < 1.29 is 9.59 Å². The number of nitrogens with two attached hydrogens (primary N) is 1. The SMILES string of the molecule is CC1CCN(c2ccc(-n3c(N)c4c(cc3=O)C(=O)NC4=O)cc2)CC1. The normalized spacial score (nSPS) is 17.3. The molecule has 26 heavy (non-hydrogen) atoms. The summed E-state index contributed by atoms with van der Waals surface area (Å²) < 4.78 is 1.26. The highest BCUT2D eigenvalue weighted by molar-refractivity contribution is 6.23. The molecule has 0 bridgehead atoms. The van der Waals surface area contributed by atoms with Gasteiger partial charge in [0.1, 0.15) is 5.82 Å². The molecule has 3 N–H and O–H groups in total. The fourth-order valence-electron chi connectivity index (χ4n) is 3.62. The smallest absolute Gasteiger partial charge is 0.262 e. The molecule has 2 aliphatic heterocycles. The second-order valence-electron chi connectivity index (χ2n) is 6.96. The van der Waals surface area contributed by atoms with Crippen LogP contribution in [0.25, 0.3) is 5.69 Å². The molecule has 1 aromatic heterocycles. The van der Waals surface area contributed by atoms with Gasteiger partial charge in [-0.2, -0.15) is 0 Å². The molecule has 3 heterocycles. The average molecular weight is 352 g/mol. The molecule has 134 valence electrons. The molecule has 2 amide bonds. The number of pyridine rings is 1. The number of nitrogen functional groups attached to an aromatic ring is 1. The number of fused-ring (bicyclic) bond motifs is 1. The van der Waals surface area contributed by atoms with Crippen LogP contribution in [-0.2, 0) is 0 Å². The number of hydrogen-bond donors (Lipinski definition) is 2. The average Bonchev–Trinajstić information content (AvgIpc) is 2.90. The number of nitrogens with zero attached hydrogens (tertiary/aromatic N) is 2. The highest BCUT2D eigenvalue weighted by atomic mass is 16.2. The van der Waals surface area contributed by atoms with Crippen molar-refractivity contribution in [1.82, 2.24) is 9.88 Å². The van der Waals surface area contributed by atoms with Gasteiger partial charge in [0.05, 0.1) is 16.8 Å². The second-order valence-corrected chi connectivity index (χ2v) is 6.96. The van der Waals surface area contributed by atoms with Crippen LogP contribution in [0.4, 0.5) is 11.5 Å². The van der Waals surface area contributed by atoms with Gasteiger partial charge in [0, 0.05) is 24.8 Å².